The van der Waals surface area contributed by atoms with Crippen LogP contribution in [0, 0.1) is 6.92 Å². The molecule has 2 aromatic rings. The zero-order valence-electron chi connectivity index (χ0n) is 17.8. The molecule has 0 spiro atoms. The second kappa shape index (κ2) is 8.33. The first-order chi connectivity index (χ1) is 14.9. The first-order valence-electron chi connectivity index (χ1n) is 10.3. The van der Waals surface area contributed by atoms with Crippen molar-refractivity contribution in [2.45, 2.75) is 45.6 Å². The molecular weight excluding hydrogens is 398 g/mol. The number of aryl methyl sites for hydroxylation is 1. The highest BCUT2D eigenvalue weighted by Crippen LogP contribution is 2.26. The zero-order chi connectivity index (χ0) is 22.1. The van der Waals surface area contributed by atoms with Crippen LogP contribution in [-0.2, 0) is 9.59 Å². The fraction of sp³-hybridized carbons (Fsp3) is 0.409. The number of piperidine rings is 1. The molecule has 0 radical (unpaired) electrons. The van der Waals surface area contributed by atoms with Gasteiger partial charge in [0, 0.05) is 18.2 Å². The van der Waals surface area contributed by atoms with Gasteiger partial charge in [-0.25, -0.2) is 0 Å². The van der Waals surface area contributed by atoms with E-state index in [-0.39, 0.29) is 28.7 Å². The predicted octanol–water partition coefficient (Wildman–Crippen LogP) is 0.805. The van der Waals surface area contributed by atoms with Crippen LogP contribution in [0.2, 0.25) is 0 Å². The third-order valence-corrected chi connectivity index (χ3v) is 5.70. The van der Waals surface area contributed by atoms with Crippen LogP contribution in [0.25, 0.3) is 5.57 Å². The van der Waals surface area contributed by atoms with Crippen molar-refractivity contribution >= 4 is 29.0 Å². The molecule has 2 aliphatic heterocycles. The van der Waals surface area contributed by atoms with Crippen LogP contribution >= 0.6 is 0 Å². The number of methoxy groups -OCH3 is 1. The smallest absolute Gasteiger partial charge is 0.262 e. The van der Waals surface area contributed by atoms with E-state index in [4.69, 9.17) is 4.74 Å². The highest BCUT2D eigenvalue weighted by atomic mass is 16.5. The molecule has 2 amide bonds. The van der Waals surface area contributed by atoms with E-state index in [9.17, 15) is 14.4 Å². The van der Waals surface area contributed by atoms with Crippen LogP contribution in [0.1, 0.15) is 38.2 Å². The van der Waals surface area contributed by atoms with Crippen molar-refractivity contribution < 1.29 is 14.3 Å². The van der Waals surface area contributed by atoms with Crippen molar-refractivity contribution in [3.8, 4) is 5.75 Å². The number of aromatic nitrogens is 2. The maximum atomic E-state index is 13.1. The SMILES string of the molecule is COc1ccc(C)cc1NC(=O)C1=c2c(nc(N3CCCCC3C)[nH]c2=O)=NC(=O)C1. The van der Waals surface area contributed by atoms with Gasteiger partial charge in [-0.2, -0.15) is 9.98 Å². The summed E-state index contributed by atoms with van der Waals surface area (Å²) in [4.78, 5) is 51.5. The molecule has 0 saturated carbocycles. The molecule has 162 valence electrons. The molecule has 1 saturated heterocycles. The van der Waals surface area contributed by atoms with Crippen LogP contribution in [0.4, 0.5) is 11.6 Å². The average Bonchev–Trinajstić information content (AvgIpc) is 2.73. The Morgan fingerprint density at radius 2 is 2.10 bits per heavy atom. The van der Waals surface area contributed by atoms with Gasteiger partial charge in [-0.15, -0.1) is 0 Å². The summed E-state index contributed by atoms with van der Waals surface area (Å²) < 4.78 is 5.30. The standard InChI is InChI=1S/C22H25N5O4/c1-12-7-8-16(31-3)15(10-12)23-20(29)14-11-17(28)24-19-18(14)21(30)26-22(25-19)27-9-5-4-6-13(27)2/h7-8,10,13H,4-6,9,11H2,1-3H3,(H,23,29)(H,24,25,26,28,30). The van der Waals surface area contributed by atoms with Crippen molar-refractivity contribution in [3.05, 3.63) is 44.8 Å². The number of benzene rings is 1. The van der Waals surface area contributed by atoms with Gasteiger partial charge >= 0.3 is 0 Å². The Morgan fingerprint density at radius 1 is 1.29 bits per heavy atom. The summed E-state index contributed by atoms with van der Waals surface area (Å²) in [6.45, 7) is 4.72. The summed E-state index contributed by atoms with van der Waals surface area (Å²) >= 11 is 0. The lowest BCUT2D eigenvalue weighted by Crippen LogP contribution is -2.51. The minimum atomic E-state index is -0.556. The Kier molecular flexibility index (Phi) is 5.58. The molecule has 9 nitrogen and oxygen atoms in total. The Morgan fingerprint density at radius 3 is 2.84 bits per heavy atom. The predicted molar refractivity (Wildman–Crippen MR) is 116 cm³/mol. The van der Waals surface area contributed by atoms with Crippen LogP contribution in [0.5, 0.6) is 5.75 Å². The number of H-pyrrole nitrogens is 1. The second-order valence-corrected chi connectivity index (χ2v) is 7.95. The van der Waals surface area contributed by atoms with Gasteiger partial charge in [0.15, 0.2) is 5.49 Å². The molecule has 1 atom stereocenters. The summed E-state index contributed by atoms with van der Waals surface area (Å²) in [6, 6.07) is 5.58. The Bertz CT molecular complexity index is 1230. The quantitative estimate of drug-likeness (QED) is 0.752. The van der Waals surface area contributed by atoms with Crippen molar-refractivity contribution in [2.24, 2.45) is 4.99 Å². The highest BCUT2D eigenvalue weighted by Gasteiger charge is 2.25. The molecule has 1 fully saturated rings. The number of fused-ring (bicyclic) bond motifs is 1. The number of carbonyl (C=O) groups is 2. The monoisotopic (exact) mass is 423 g/mol. The molecule has 0 bridgehead atoms. The van der Waals surface area contributed by atoms with Crippen molar-refractivity contribution in [3.63, 3.8) is 0 Å². The third-order valence-electron chi connectivity index (χ3n) is 5.70. The van der Waals surface area contributed by atoms with E-state index in [1.165, 1.54) is 7.11 Å². The maximum Gasteiger partial charge on any atom is 0.262 e. The molecule has 1 aromatic carbocycles. The molecule has 9 heteroatoms. The lowest BCUT2D eigenvalue weighted by Gasteiger charge is -2.33. The van der Waals surface area contributed by atoms with E-state index in [2.05, 4.69) is 27.2 Å². The van der Waals surface area contributed by atoms with Gasteiger partial charge < -0.3 is 15.0 Å². The van der Waals surface area contributed by atoms with Crippen LogP contribution in [-0.4, -0.2) is 41.5 Å². The highest BCUT2D eigenvalue weighted by molar-refractivity contribution is 6.23. The fourth-order valence-electron chi connectivity index (χ4n) is 4.06. The summed E-state index contributed by atoms with van der Waals surface area (Å²) in [5.41, 5.74) is 0.950. The van der Waals surface area contributed by atoms with Crippen LogP contribution in [0.3, 0.4) is 0 Å². The van der Waals surface area contributed by atoms with E-state index >= 15 is 0 Å². The largest absolute Gasteiger partial charge is 0.495 e. The molecule has 4 rings (SSSR count). The Balaban J connectivity index is 1.79. The van der Waals surface area contributed by atoms with Gasteiger partial charge in [0.05, 0.1) is 24.4 Å². The van der Waals surface area contributed by atoms with Gasteiger partial charge in [0.1, 0.15) is 5.75 Å². The first-order valence-corrected chi connectivity index (χ1v) is 10.3. The minimum Gasteiger partial charge on any atom is -0.495 e. The number of aromatic amines is 1. The maximum absolute atomic E-state index is 13.1. The number of nitrogens with zero attached hydrogens (tertiary/aromatic N) is 3. The lowest BCUT2D eigenvalue weighted by molar-refractivity contribution is -0.118. The number of carbonyl (C=O) groups excluding carboxylic acids is 2. The van der Waals surface area contributed by atoms with E-state index < -0.39 is 17.4 Å². The Labute approximate surface area is 178 Å². The topological polar surface area (TPSA) is 117 Å². The van der Waals surface area contributed by atoms with Crippen molar-refractivity contribution in [1.29, 1.82) is 0 Å². The molecule has 0 aliphatic carbocycles. The number of hydrogen-bond donors (Lipinski definition) is 2. The van der Waals surface area contributed by atoms with Crippen molar-refractivity contribution in [1.82, 2.24) is 9.97 Å². The van der Waals surface area contributed by atoms with Crippen molar-refractivity contribution in [2.75, 3.05) is 23.9 Å². The Hall–Kier alpha value is -3.49. The summed E-state index contributed by atoms with van der Waals surface area (Å²) in [5.74, 6) is -0.202. The molecular formula is C22H25N5O4. The lowest BCUT2D eigenvalue weighted by atomic mass is 10.0. The van der Waals surface area contributed by atoms with Gasteiger partial charge in [0.25, 0.3) is 17.4 Å². The van der Waals surface area contributed by atoms with E-state index in [1.54, 1.807) is 12.1 Å². The van der Waals surface area contributed by atoms with E-state index in [1.807, 2.05) is 17.9 Å². The van der Waals surface area contributed by atoms with Gasteiger partial charge in [-0.05, 0) is 50.8 Å². The third kappa shape index (κ3) is 4.08. The van der Waals surface area contributed by atoms with Crippen LogP contribution in [0.15, 0.2) is 28.0 Å². The summed E-state index contributed by atoms with van der Waals surface area (Å²) in [6.07, 6.45) is 2.85. The number of amides is 2. The zero-order valence-corrected chi connectivity index (χ0v) is 17.8. The van der Waals surface area contributed by atoms with Gasteiger partial charge in [-0.1, -0.05) is 6.07 Å². The number of rotatable bonds is 4. The molecule has 31 heavy (non-hydrogen) atoms. The molecule has 2 aliphatic rings. The molecule has 1 unspecified atom stereocenters. The summed E-state index contributed by atoms with van der Waals surface area (Å²) in [7, 11) is 1.50. The molecule has 3 heterocycles. The normalized spacial score (nSPS) is 18.3. The summed E-state index contributed by atoms with van der Waals surface area (Å²) in [5, 5.41) is 2.80. The first kappa shape index (κ1) is 20.8. The number of ether oxygens (including phenoxy) is 1. The van der Waals surface area contributed by atoms with E-state index in [0.717, 1.165) is 31.4 Å². The number of anilines is 2. The number of hydrogen-bond acceptors (Lipinski definition) is 6. The van der Waals surface area contributed by atoms with Crippen LogP contribution < -0.4 is 31.2 Å². The second-order valence-electron chi connectivity index (χ2n) is 7.95. The van der Waals surface area contributed by atoms with Gasteiger partial charge in [-0.3, -0.25) is 19.4 Å². The average molecular weight is 423 g/mol. The fourth-order valence-corrected chi connectivity index (χ4v) is 4.06. The van der Waals surface area contributed by atoms with E-state index in [0.29, 0.717) is 17.4 Å². The number of nitrogens with one attached hydrogen (secondary N) is 2. The van der Waals surface area contributed by atoms with Gasteiger partial charge in [0.2, 0.25) is 5.95 Å². The minimum absolute atomic E-state index is 0.00543. The molecule has 1 aromatic heterocycles. The molecule has 2 N–H and O–H groups in total.